The zero-order valence-electron chi connectivity index (χ0n) is 17.6. The van der Waals surface area contributed by atoms with Gasteiger partial charge in [-0.05, 0) is 64.2 Å². The molecule has 0 bridgehead atoms. The molecule has 4 rings (SSSR count). The molecular formula is C23H21BrClN5O2. The van der Waals surface area contributed by atoms with Gasteiger partial charge >= 0.3 is 5.97 Å². The van der Waals surface area contributed by atoms with Gasteiger partial charge in [0, 0.05) is 24.5 Å². The molecule has 164 valence electrons. The van der Waals surface area contributed by atoms with E-state index in [0.717, 1.165) is 27.7 Å². The van der Waals surface area contributed by atoms with Gasteiger partial charge in [-0.3, -0.25) is 0 Å². The molecule has 0 saturated heterocycles. The number of aromatic carboxylic acids is 1. The fourth-order valence-corrected chi connectivity index (χ4v) is 4.68. The molecule has 2 aromatic heterocycles. The van der Waals surface area contributed by atoms with Crippen molar-refractivity contribution in [2.45, 2.75) is 25.8 Å². The molecule has 0 aliphatic rings. The number of fused-ring (bicyclic) bond motifs is 1. The number of aromatic nitrogens is 5. The first-order valence-corrected chi connectivity index (χ1v) is 11.1. The van der Waals surface area contributed by atoms with Crippen LogP contribution in [-0.4, -0.2) is 35.6 Å². The molecule has 0 fully saturated rings. The van der Waals surface area contributed by atoms with Crippen molar-refractivity contribution >= 4 is 44.5 Å². The van der Waals surface area contributed by atoms with Crippen LogP contribution in [0.2, 0.25) is 5.02 Å². The van der Waals surface area contributed by atoms with Crippen LogP contribution in [0, 0.1) is 6.92 Å². The lowest BCUT2D eigenvalue weighted by atomic mass is 9.87. The summed E-state index contributed by atoms with van der Waals surface area (Å²) < 4.78 is 4.03. The first kappa shape index (κ1) is 22.2. The van der Waals surface area contributed by atoms with Crippen molar-refractivity contribution in [1.29, 1.82) is 0 Å². The summed E-state index contributed by atoms with van der Waals surface area (Å²) in [4.78, 5) is 16.4. The Bertz CT molecular complexity index is 1330. The van der Waals surface area contributed by atoms with Gasteiger partial charge in [0.05, 0.1) is 11.2 Å². The predicted molar refractivity (Wildman–Crippen MR) is 127 cm³/mol. The van der Waals surface area contributed by atoms with Gasteiger partial charge < -0.3 is 9.67 Å². The molecule has 4 aromatic rings. The summed E-state index contributed by atoms with van der Waals surface area (Å²) in [5.41, 5.74) is 5.39. The molecule has 2 aromatic carbocycles. The Kier molecular flexibility index (Phi) is 6.17. The van der Waals surface area contributed by atoms with E-state index in [0.29, 0.717) is 28.4 Å². The van der Waals surface area contributed by atoms with E-state index in [9.17, 15) is 9.90 Å². The van der Waals surface area contributed by atoms with Gasteiger partial charge in [0.2, 0.25) is 0 Å². The summed E-state index contributed by atoms with van der Waals surface area (Å²) in [5, 5.41) is 18.9. The van der Waals surface area contributed by atoms with E-state index in [1.165, 1.54) is 0 Å². The molecule has 0 radical (unpaired) electrons. The Morgan fingerprint density at radius 3 is 2.69 bits per heavy atom. The van der Waals surface area contributed by atoms with Gasteiger partial charge in [-0.25, -0.2) is 14.5 Å². The van der Waals surface area contributed by atoms with E-state index in [1.54, 1.807) is 10.8 Å². The van der Waals surface area contributed by atoms with Crippen molar-refractivity contribution in [2.24, 2.45) is 7.05 Å². The fraction of sp³-hybridized carbons (Fsp3) is 0.217. The number of nitrogens with zero attached hydrogens (tertiary/aromatic N) is 5. The van der Waals surface area contributed by atoms with Crippen LogP contribution >= 0.6 is 27.5 Å². The van der Waals surface area contributed by atoms with Crippen molar-refractivity contribution in [2.75, 3.05) is 0 Å². The number of rotatable bonds is 7. The maximum atomic E-state index is 12.1. The summed E-state index contributed by atoms with van der Waals surface area (Å²) >= 11 is 9.55. The summed E-state index contributed by atoms with van der Waals surface area (Å²) in [6, 6.07) is 11.6. The first-order valence-electron chi connectivity index (χ1n) is 9.94. The SMILES string of the molecule is C=CCn1c(Br)nc(C(=O)O)c1C(Cc1cc(C)c2nnn(C)c2c1)c1ccc(Cl)cc1. The molecule has 9 heteroatoms. The molecule has 1 N–H and O–H groups in total. The molecule has 2 heterocycles. The van der Waals surface area contributed by atoms with E-state index in [-0.39, 0.29) is 11.6 Å². The Morgan fingerprint density at radius 1 is 1.31 bits per heavy atom. The predicted octanol–water partition coefficient (Wildman–Crippen LogP) is 5.15. The van der Waals surface area contributed by atoms with Gasteiger partial charge in [-0.2, -0.15) is 0 Å². The summed E-state index contributed by atoms with van der Waals surface area (Å²) in [5.74, 6) is -1.36. The zero-order chi connectivity index (χ0) is 23.0. The van der Waals surface area contributed by atoms with Crippen LogP contribution in [0.1, 0.15) is 38.8 Å². The maximum absolute atomic E-state index is 12.1. The highest BCUT2D eigenvalue weighted by Crippen LogP contribution is 2.35. The highest BCUT2D eigenvalue weighted by Gasteiger charge is 2.29. The number of carboxylic acid groups (broad SMARTS) is 1. The average molecular weight is 515 g/mol. The Hall–Kier alpha value is -2.97. The minimum atomic E-state index is -1.08. The number of aryl methyl sites for hydroxylation is 2. The van der Waals surface area contributed by atoms with Gasteiger partial charge in [0.25, 0.3) is 0 Å². The molecule has 1 atom stereocenters. The molecule has 0 amide bonds. The second-order valence-electron chi connectivity index (χ2n) is 7.62. The second-order valence-corrected chi connectivity index (χ2v) is 8.77. The lowest BCUT2D eigenvalue weighted by Crippen LogP contribution is -2.16. The molecular weight excluding hydrogens is 494 g/mol. The molecule has 0 aliphatic carbocycles. The van der Waals surface area contributed by atoms with Crippen LogP contribution in [0.25, 0.3) is 11.0 Å². The highest BCUT2D eigenvalue weighted by atomic mass is 79.9. The highest BCUT2D eigenvalue weighted by molar-refractivity contribution is 9.10. The topological polar surface area (TPSA) is 85.8 Å². The van der Waals surface area contributed by atoms with Crippen molar-refractivity contribution in [3.63, 3.8) is 0 Å². The normalized spacial score (nSPS) is 12.2. The van der Waals surface area contributed by atoms with E-state index in [4.69, 9.17) is 11.6 Å². The monoisotopic (exact) mass is 513 g/mol. The Labute approximate surface area is 198 Å². The van der Waals surface area contributed by atoms with E-state index in [1.807, 2.05) is 42.8 Å². The number of carbonyl (C=O) groups is 1. The smallest absolute Gasteiger partial charge is 0.356 e. The molecule has 0 spiro atoms. The number of halogens is 2. The van der Waals surface area contributed by atoms with E-state index in [2.05, 4.69) is 49.9 Å². The van der Waals surface area contributed by atoms with Gasteiger partial charge in [0.15, 0.2) is 10.4 Å². The quantitative estimate of drug-likeness (QED) is 0.345. The fourth-order valence-electron chi connectivity index (χ4n) is 4.04. The van der Waals surface area contributed by atoms with Crippen LogP contribution < -0.4 is 0 Å². The third-order valence-corrected chi connectivity index (χ3v) is 6.34. The summed E-state index contributed by atoms with van der Waals surface area (Å²) in [6.45, 7) is 6.24. The zero-order valence-corrected chi connectivity index (χ0v) is 19.9. The average Bonchev–Trinajstić information content (AvgIpc) is 3.28. The van der Waals surface area contributed by atoms with Gasteiger partial charge in [0.1, 0.15) is 5.52 Å². The van der Waals surface area contributed by atoms with Crippen molar-refractivity contribution < 1.29 is 9.90 Å². The summed E-state index contributed by atoms with van der Waals surface area (Å²) in [7, 11) is 1.86. The molecule has 1 unspecified atom stereocenters. The molecule has 7 nitrogen and oxygen atoms in total. The molecule has 32 heavy (non-hydrogen) atoms. The minimum Gasteiger partial charge on any atom is -0.476 e. The van der Waals surface area contributed by atoms with Crippen LogP contribution in [0.15, 0.2) is 53.8 Å². The summed E-state index contributed by atoms with van der Waals surface area (Å²) in [6.07, 6.45) is 2.27. The van der Waals surface area contributed by atoms with E-state index >= 15 is 0 Å². The first-order chi connectivity index (χ1) is 15.3. The van der Waals surface area contributed by atoms with Crippen LogP contribution in [0.3, 0.4) is 0 Å². The third kappa shape index (κ3) is 4.08. The maximum Gasteiger partial charge on any atom is 0.356 e. The Balaban J connectivity index is 1.92. The number of imidazole rings is 1. The molecule has 0 aliphatic heterocycles. The minimum absolute atomic E-state index is 0.0127. The standard InChI is InChI=1S/C23H21BrClN5O2/c1-4-9-30-21(20(22(31)32)26-23(30)24)17(15-5-7-16(25)8-6-15)11-14-10-13(2)19-18(12-14)29(3)28-27-19/h4-8,10,12,17H,1,9,11H2,2-3H3,(H,31,32). The van der Waals surface area contributed by atoms with Crippen molar-refractivity contribution in [3.8, 4) is 0 Å². The lowest BCUT2D eigenvalue weighted by Gasteiger charge is -2.21. The van der Waals surface area contributed by atoms with E-state index < -0.39 is 5.97 Å². The van der Waals surface area contributed by atoms with Crippen molar-refractivity contribution in [1.82, 2.24) is 24.5 Å². The van der Waals surface area contributed by atoms with Gasteiger partial charge in [-0.1, -0.05) is 41.1 Å². The number of carboxylic acids is 1. The third-order valence-electron chi connectivity index (χ3n) is 5.48. The number of hydrogen-bond acceptors (Lipinski definition) is 4. The van der Waals surface area contributed by atoms with Gasteiger partial charge in [-0.15, -0.1) is 11.7 Å². The molecule has 0 saturated carbocycles. The number of allylic oxidation sites excluding steroid dienone is 1. The number of hydrogen-bond donors (Lipinski definition) is 1. The van der Waals surface area contributed by atoms with Crippen LogP contribution in [0.4, 0.5) is 0 Å². The van der Waals surface area contributed by atoms with Crippen LogP contribution in [-0.2, 0) is 20.0 Å². The second kappa shape index (κ2) is 8.88. The largest absolute Gasteiger partial charge is 0.476 e. The van der Waals surface area contributed by atoms with Crippen molar-refractivity contribution in [3.05, 3.63) is 86.9 Å². The Morgan fingerprint density at radius 2 is 2.03 bits per heavy atom. The number of benzene rings is 2. The lowest BCUT2D eigenvalue weighted by molar-refractivity contribution is 0.0689. The van der Waals surface area contributed by atoms with Crippen LogP contribution in [0.5, 0.6) is 0 Å².